The monoisotopic (exact) mass is 318 g/mol. The van der Waals surface area contributed by atoms with Crippen LogP contribution in [0.25, 0.3) is 0 Å². The zero-order chi connectivity index (χ0) is 15.9. The van der Waals surface area contributed by atoms with E-state index in [-0.39, 0.29) is 0 Å². The lowest BCUT2D eigenvalue weighted by Crippen LogP contribution is -1.88. The Labute approximate surface area is 135 Å². The largest absolute Gasteiger partial charge is 0.192 e. The third kappa shape index (κ3) is 3.05. The summed E-state index contributed by atoms with van der Waals surface area (Å²) in [5.74, 6) is 0. The molecule has 4 nitrogen and oxygen atoms in total. The van der Waals surface area contributed by atoms with Crippen molar-refractivity contribution in [2.24, 2.45) is 0 Å². The van der Waals surface area contributed by atoms with Gasteiger partial charge in [-0.1, -0.05) is 33.7 Å². The van der Waals surface area contributed by atoms with E-state index in [2.05, 4.69) is 0 Å². The fraction of sp³-hybridized carbons (Fsp3) is 0. The SMILES string of the molecule is N#Cc1cccc(SSc2cccc(C#N)c2C#N)c1C#N. The van der Waals surface area contributed by atoms with Gasteiger partial charge in [-0.3, -0.25) is 0 Å². The van der Waals surface area contributed by atoms with Crippen molar-refractivity contribution < 1.29 is 0 Å². The molecule has 0 N–H and O–H groups in total. The summed E-state index contributed by atoms with van der Waals surface area (Å²) in [6.07, 6.45) is 0. The van der Waals surface area contributed by atoms with Gasteiger partial charge in [-0.2, -0.15) is 21.0 Å². The summed E-state index contributed by atoms with van der Waals surface area (Å²) < 4.78 is 0. The van der Waals surface area contributed by atoms with Crippen LogP contribution in [-0.4, -0.2) is 0 Å². The third-order valence-corrected chi connectivity index (χ3v) is 5.19. The smallest absolute Gasteiger partial charge is 0.102 e. The molecule has 0 atom stereocenters. The van der Waals surface area contributed by atoms with E-state index < -0.39 is 0 Å². The van der Waals surface area contributed by atoms with Crippen molar-refractivity contribution in [3.8, 4) is 24.3 Å². The number of benzene rings is 2. The van der Waals surface area contributed by atoms with Gasteiger partial charge < -0.3 is 0 Å². The van der Waals surface area contributed by atoms with E-state index in [9.17, 15) is 10.5 Å². The average Bonchev–Trinajstić information content (AvgIpc) is 2.58. The van der Waals surface area contributed by atoms with Crippen molar-refractivity contribution in [2.45, 2.75) is 9.79 Å². The van der Waals surface area contributed by atoms with E-state index in [0.29, 0.717) is 32.0 Å². The van der Waals surface area contributed by atoms with Gasteiger partial charge in [0.2, 0.25) is 0 Å². The molecule has 0 unspecified atom stereocenters. The first-order chi connectivity index (χ1) is 10.7. The molecular weight excluding hydrogens is 312 g/mol. The molecule has 2 aromatic carbocycles. The van der Waals surface area contributed by atoms with Crippen LogP contribution >= 0.6 is 21.6 Å². The second kappa shape index (κ2) is 7.21. The summed E-state index contributed by atoms with van der Waals surface area (Å²) in [6.45, 7) is 0. The molecule has 0 aliphatic carbocycles. The quantitative estimate of drug-likeness (QED) is 0.794. The van der Waals surface area contributed by atoms with Crippen molar-refractivity contribution in [2.75, 3.05) is 0 Å². The maximum atomic E-state index is 9.19. The van der Waals surface area contributed by atoms with Crippen LogP contribution in [0.2, 0.25) is 0 Å². The normalized spacial score (nSPS) is 9.09. The van der Waals surface area contributed by atoms with Gasteiger partial charge in [0.15, 0.2) is 0 Å². The molecule has 0 saturated carbocycles. The first-order valence-electron chi connectivity index (χ1n) is 5.96. The highest BCUT2D eigenvalue weighted by atomic mass is 33.1. The second-order valence-electron chi connectivity index (χ2n) is 3.97. The molecule has 0 heterocycles. The number of hydrogen-bond donors (Lipinski definition) is 0. The minimum absolute atomic E-state index is 0.317. The third-order valence-electron chi connectivity index (χ3n) is 2.74. The maximum absolute atomic E-state index is 9.19. The number of hydrogen-bond acceptors (Lipinski definition) is 6. The van der Waals surface area contributed by atoms with Gasteiger partial charge in [-0.05, 0) is 24.3 Å². The molecule has 2 aromatic rings. The summed E-state index contributed by atoms with van der Waals surface area (Å²) in [5.41, 5.74) is 1.27. The summed E-state index contributed by atoms with van der Waals surface area (Å²) in [4.78, 5) is 1.30. The standard InChI is InChI=1S/C16H6N4S2/c17-7-11-3-1-5-15(13(11)9-19)21-22-16-6-2-4-12(8-18)14(16)10-20/h1-6H. The summed E-state index contributed by atoms with van der Waals surface area (Å²) >= 11 is 0. The highest BCUT2D eigenvalue weighted by molar-refractivity contribution is 8.76. The van der Waals surface area contributed by atoms with Crippen LogP contribution in [0.5, 0.6) is 0 Å². The Hall–Kier alpha value is -2.90. The molecule has 0 fully saturated rings. The molecule has 2 rings (SSSR count). The van der Waals surface area contributed by atoms with Gasteiger partial charge in [0, 0.05) is 9.79 Å². The molecule has 0 aliphatic heterocycles. The van der Waals surface area contributed by atoms with E-state index in [1.807, 2.05) is 24.3 Å². The zero-order valence-electron chi connectivity index (χ0n) is 11.1. The lowest BCUT2D eigenvalue weighted by molar-refractivity contribution is 1.33. The van der Waals surface area contributed by atoms with Gasteiger partial charge in [-0.15, -0.1) is 0 Å². The molecule has 0 saturated heterocycles. The highest BCUT2D eigenvalue weighted by Crippen LogP contribution is 2.41. The van der Waals surface area contributed by atoms with Gasteiger partial charge in [0.25, 0.3) is 0 Å². The van der Waals surface area contributed by atoms with Crippen molar-refractivity contribution in [3.63, 3.8) is 0 Å². The Morgan fingerprint density at radius 1 is 0.591 bits per heavy atom. The molecule has 22 heavy (non-hydrogen) atoms. The Kier molecular flexibility index (Phi) is 5.07. The predicted molar refractivity (Wildman–Crippen MR) is 83.5 cm³/mol. The van der Waals surface area contributed by atoms with Crippen molar-refractivity contribution in [1.29, 1.82) is 21.0 Å². The molecule has 0 radical (unpaired) electrons. The van der Waals surface area contributed by atoms with Crippen LogP contribution in [0.1, 0.15) is 22.3 Å². The lowest BCUT2D eigenvalue weighted by Gasteiger charge is -2.06. The van der Waals surface area contributed by atoms with Gasteiger partial charge in [0.1, 0.15) is 24.3 Å². The molecule has 6 heteroatoms. The summed E-state index contributed by atoms with van der Waals surface area (Å²) in [5, 5.41) is 36.4. The first-order valence-corrected chi connectivity index (χ1v) is 8.11. The van der Waals surface area contributed by atoms with E-state index in [4.69, 9.17) is 10.5 Å². The van der Waals surface area contributed by atoms with Crippen LogP contribution in [-0.2, 0) is 0 Å². The lowest BCUT2D eigenvalue weighted by atomic mass is 10.1. The molecule has 0 spiro atoms. The first kappa shape index (κ1) is 15.5. The summed E-state index contributed by atoms with van der Waals surface area (Å²) in [7, 11) is 2.57. The van der Waals surface area contributed by atoms with Crippen molar-refractivity contribution in [3.05, 3.63) is 58.7 Å². The van der Waals surface area contributed by atoms with E-state index in [1.54, 1.807) is 36.4 Å². The van der Waals surface area contributed by atoms with Crippen LogP contribution in [0, 0.1) is 45.3 Å². The van der Waals surface area contributed by atoms with Gasteiger partial charge in [0.05, 0.1) is 22.3 Å². The summed E-state index contributed by atoms with van der Waals surface area (Å²) in [6, 6.07) is 18.1. The number of nitriles is 4. The minimum Gasteiger partial charge on any atom is -0.192 e. The fourth-order valence-corrected chi connectivity index (χ4v) is 4.01. The second-order valence-corrected chi connectivity index (χ2v) is 6.18. The molecular formula is C16H6N4S2. The van der Waals surface area contributed by atoms with Crippen molar-refractivity contribution in [1.82, 2.24) is 0 Å². The molecule has 0 aromatic heterocycles. The molecule has 102 valence electrons. The van der Waals surface area contributed by atoms with Crippen LogP contribution in [0.3, 0.4) is 0 Å². The Balaban J connectivity index is 2.34. The highest BCUT2D eigenvalue weighted by Gasteiger charge is 2.12. The van der Waals surface area contributed by atoms with Crippen LogP contribution in [0.15, 0.2) is 46.2 Å². The van der Waals surface area contributed by atoms with Crippen LogP contribution < -0.4 is 0 Å². The topological polar surface area (TPSA) is 95.2 Å². The zero-order valence-corrected chi connectivity index (χ0v) is 12.7. The Morgan fingerprint density at radius 2 is 1.00 bits per heavy atom. The van der Waals surface area contributed by atoms with E-state index >= 15 is 0 Å². The van der Waals surface area contributed by atoms with E-state index in [0.717, 1.165) is 0 Å². The molecule has 0 bridgehead atoms. The van der Waals surface area contributed by atoms with Gasteiger partial charge in [-0.25, -0.2) is 0 Å². The number of nitrogens with zero attached hydrogens (tertiary/aromatic N) is 4. The van der Waals surface area contributed by atoms with Gasteiger partial charge >= 0.3 is 0 Å². The van der Waals surface area contributed by atoms with Crippen LogP contribution in [0.4, 0.5) is 0 Å². The Bertz CT molecular complexity index is 817. The average molecular weight is 318 g/mol. The number of rotatable bonds is 3. The Morgan fingerprint density at radius 3 is 1.32 bits per heavy atom. The minimum atomic E-state index is 0.317. The predicted octanol–water partition coefficient (Wildman–Crippen LogP) is 3.97. The molecule has 0 amide bonds. The molecule has 0 aliphatic rings. The fourth-order valence-electron chi connectivity index (χ4n) is 1.71. The van der Waals surface area contributed by atoms with E-state index in [1.165, 1.54) is 21.6 Å². The maximum Gasteiger partial charge on any atom is 0.102 e. The van der Waals surface area contributed by atoms with Crippen molar-refractivity contribution >= 4 is 21.6 Å².